The molecule has 0 bridgehead atoms. The number of halogens is 3. The molecule has 1 aliphatic heterocycles. The Hall–Kier alpha value is -1.03. The monoisotopic (exact) mass is 314 g/mol. The van der Waals surface area contributed by atoms with Gasteiger partial charge in [0.15, 0.2) is 0 Å². The first-order valence-corrected chi connectivity index (χ1v) is 8.20. The van der Waals surface area contributed by atoms with Crippen LogP contribution < -0.4 is 0 Å². The fraction of sp³-hybridized carbons (Fsp3) is 0.667. The summed E-state index contributed by atoms with van der Waals surface area (Å²) in [6.45, 7) is 4.45. The molecule has 0 N–H and O–H groups in total. The molecule has 4 heteroatoms. The molecule has 2 unspecified atom stereocenters. The molecule has 1 aromatic rings. The van der Waals surface area contributed by atoms with E-state index in [-0.39, 0.29) is 11.7 Å². The van der Waals surface area contributed by atoms with Crippen LogP contribution in [0.4, 0.5) is 13.2 Å². The number of benzene rings is 1. The van der Waals surface area contributed by atoms with Crippen molar-refractivity contribution in [2.24, 2.45) is 5.92 Å². The summed E-state index contributed by atoms with van der Waals surface area (Å²) >= 11 is 0. The van der Waals surface area contributed by atoms with Gasteiger partial charge >= 0.3 is 0 Å². The summed E-state index contributed by atoms with van der Waals surface area (Å²) in [6.07, 6.45) is 2.94. The summed E-state index contributed by atoms with van der Waals surface area (Å²) in [6, 6.07) is 3.21. The molecule has 0 amide bonds. The van der Waals surface area contributed by atoms with Crippen LogP contribution in [-0.4, -0.2) is 12.7 Å². The highest BCUT2D eigenvalue weighted by Gasteiger charge is 2.23. The van der Waals surface area contributed by atoms with Gasteiger partial charge in [-0.15, -0.1) is 0 Å². The van der Waals surface area contributed by atoms with Gasteiger partial charge in [-0.3, -0.25) is 0 Å². The summed E-state index contributed by atoms with van der Waals surface area (Å²) in [5.41, 5.74) is 0.257. The van der Waals surface area contributed by atoms with Gasteiger partial charge in [0.05, 0.1) is 11.7 Å². The van der Waals surface area contributed by atoms with E-state index in [1.165, 1.54) is 19.8 Å². The Bertz CT molecular complexity index is 479. The summed E-state index contributed by atoms with van der Waals surface area (Å²) < 4.78 is 45.9. The molecular formula is C18H25F3O. The third-order valence-electron chi connectivity index (χ3n) is 4.58. The van der Waals surface area contributed by atoms with Crippen LogP contribution in [0.5, 0.6) is 0 Å². The highest BCUT2D eigenvalue weighted by molar-refractivity contribution is 5.34. The average Bonchev–Trinajstić information content (AvgIpc) is 2.49. The Morgan fingerprint density at radius 3 is 2.59 bits per heavy atom. The van der Waals surface area contributed by atoms with E-state index in [0.29, 0.717) is 24.3 Å². The summed E-state index contributed by atoms with van der Waals surface area (Å²) in [7, 11) is 0. The topological polar surface area (TPSA) is 9.23 Å². The zero-order chi connectivity index (χ0) is 16.1. The third-order valence-corrected chi connectivity index (χ3v) is 4.58. The van der Waals surface area contributed by atoms with Gasteiger partial charge in [-0.2, -0.15) is 0 Å². The van der Waals surface area contributed by atoms with Gasteiger partial charge in [0.25, 0.3) is 6.43 Å². The lowest BCUT2D eigenvalue weighted by Gasteiger charge is -2.29. The number of hydrogen-bond acceptors (Lipinski definition) is 1. The second-order valence-corrected chi connectivity index (χ2v) is 6.30. The Morgan fingerprint density at radius 1 is 1.23 bits per heavy atom. The van der Waals surface area contributed by atoms with Crippen molar-refractivity contribution < 1.29 is 17.9 Å². The van der Waals surface area contributed by atoms with Crippen molar-refractivity contribution in [2.45, 2.75) is 64.9 Å². The second-order valence-electron chi connectivity index (χ2n) is 6.30. The maximum absolute atomic E-state index is 13.9. The smallest absolute Gasteiger partial charge is 0.266 e. The molecule has 1 fully saturated rings. The minimum atomic E-state index is -2.77. The molecule has 0 spiro atoms. The molecule has 1 heterocycles. The molecular weight excluding hydrogens is 289 g/mol. The summed E-state index contributed by atoms with van der Waals surface area (Å²) in [5, 5.41) is 0. The molecule has 1 nitrogen and oxygen atoms in total. The van der Waals surface area contributed by atoms with Crippen LogP contribution in [0.1, 0.15) is 62.1 Å². The standard InChI is InChI=1S/C18H25F3O/c1-3-4-13-6-9-15(22-11-13)10-8-14-7-5-12(2)17(19)16(14)18(20)21/h5,7,13,15,18H,3-4,6,8-11H2,1-2H3. The van der Waals surface area contributed by atoms with Crippen molar-refractivity contribution in [1.29, 1.82) is 0 Å². The van der Waals surface area contributed by atoms with Gasteiger partial charge in [0, 0.05) is 6.61 Å². The predicted molar refractivity (Wildman–Crippen MR) is 81.8 cm³/mol. The Labute approximate surface area is 130 Å². The third kappa shape index (κ3) is 4.25. The van der Waals surface area contributed by atoms with Crippen LogP contribution in [0.2, 0.25) is 0 Å². The van der Waals surface area contributed by atoms with Crippen molar-refractivity contribution in [3.05, 3.63) is 34.6 Å². The van der Waals surface area contributed by atoms with Gasteiger partial charge in [-0.1, -0.05) is 25.5 Å². The predicted octanol–water partition coefficient (Wildman–Crippen LogP) is 5.60. The van der Waals surface area contributed by atoms with E-state index in [1.54, 1.807) is 12.1 Å². The summed E-state index contributed by atoms with van der Waals surface area (Å²) in [5.74, 6) is -0.130. The van der Waals surface area contributed by atoms with Crippen molar-refractivity contribution in [2.75, 3.05) is 6.61 Å². The van der Waals surface area contributed by atoms with E-state index in [9.17, 15) is 13.2 Å². The van der Waals surface area contributed by atoms with Crippen LogP contribution >= 0.6 is 0 Å². The zero-order valence-corrected chi connectivity index (χ0v) is 13.4. The average molecular weight is 314 g/mol. The minimum Gasteiger partial charge on any atom is -0.378 e. The Kier molecular flexibility index (Phi) is 6.30. The van der Waals surface area contributed by atoms with Crippen molar-refractivity contribution in [1.82, 2.24) is 0 Å². The van der Waals surface area contributed by atoms with Crippen LogP contribution in [0.15, 0.2) is 12.1 Å². The van der Waals surface area contributed by atoms with Crippen LogP contribution in [0, 0.1) is 18.7 Å². The molecule has 0 aromatic heterocycles. The summed E-state index contributed by atoms with van der Waals surface area (Å²) in [4.78, 5) is 0. The van der Waals surface area contributed by atoms with Gasteiger partial charge in [0.2, 0.25) is 0 Å². The molecule has 1 aliphatic rings. The number of rotatable bonds is 6. The zero-order valence-electron chi connectivity index (χ0n) is 13.4. The van der Waals surface area contributed by atoms with E-state index in [1.807, 2.05) is 0 Å². The largest absolute Gasteiger partial charge is 0.378 e. The number of aryl methyl sites for hydroxylation is 2. The molecule has 1 saturated heterocycles. The van der Waals surface area contributed by atoms with Crippen LogP contribution in [0.3, 0.4) is 0 Å². The highest BCUT2D eigenvalue weighted by Crippen LogP contribution is 2.30. The van der Waals surface area contributed by atoms with Crippen LogP contribution in [0.25, 0.3) is 0 Å². The van der Waals surface area contributed by atoms with E-state index >= 15 is 0 Å². The molecule has 2 rings (SSSR count). The second kappa shape index (κ2) is 8.00. The van der Waals surface area contributed by atoms with E-state index in [2.05, 4.69) is 6.92 Å². The fourth-order valence-electron chi connectivity index (χ4n) is 3.24. The number of hydrogen-bond donors (Lipinski definition) is 0. The molecule has 124 valence electrons. The van der Waals surface area contributed by atoms with E-state index in [4.69, 9.17) is 4.74 Å². The first-order valence-electron chi connectivity index (χ1n) is 8.20. The molecule has 0 radical (unpaired) electrons. The number of alkyl halides is 2. The van der Waals surface area contributed by atoms with Gasteiger partial charge in [-0.05, 0) is 56.1 Å². The first kappa shape index (κ1) is 17.3. The van der Waals surface area contributed by atoms with E-state index < -0.39 is 17.8 Å². The lowest BCUT2D eigenvalue weighted by Crippen LogP contribution is -2.26. The molecule has 0 aliphatic carbocycles. The lowest BCUT2D eigenvalue weighted by molar-refractivity contribution is -0.0216. The van der Waals surface area contributed by atoms with Gasteiger partial charge < -0.3 is 4.74 Å². The van der Waals surface area contributed by atoms with Gasteiger partial charge in [-0.25, -0.2) is 13.2 Å². The highest BCUT2D eigenvalue weighted by atomic mass is 19.3. The van der Waals surface area contributed by atoms with Gasteiger partial charge in [0.1, 0.15) is 5.82 Å². The maximum Gasteiger partial charge on any atom is 0.266 e. The Morgan fingerprint density at radius 2 is 2.00 bits per heavy atom. The quantitative estimate of drug-likeness (QED) is 0.664. The first-order chi connectivity index (χ1) is 10.5. The number of ether oxygens (including phenoxy) is 1. The fourth-order valence-corrected chi connectivity index (χ4v) is 3.24. The van der Waals surface area contributed by atoms with Crippen molar-refractivity contribution >= 4 is 0 Å². The molecule has 2 atom stereocenters. The minimum absolute atomic E-state index is 0.114. The van der Waals surface area contributed by atoms with E-state index in [0.717, 1.165) is 19.4 Å². The molecule has 22 heavy (non-hydrogen) atoms. The molecule has 0 saturated carbocycles. The van der Waals surface area contributed by atoms with Crippen LogP contribution in [-0.2, 0) is 11.2 Å². The molecule has 1 aromatic carbocycles. The Balaban J connectivity index is 1.94. The van der Waals surface area contributed by atoms with Crippen molar-refractivity contribution in [3.63, 3.8) is 0 Å². The SMILES string of the molecule is CCCC1CCC(CCc2ccc(C)c(F)c2C(F)F)OC1. The van der Waals surface area contributed by atoms with Crippen molar-refractivity contribution in [3.8, 4) is 0 Å². The lowest BCUT2D eigenvalue weighted by atomic mass is 9.91. The maximum atomic E-state index is 13.9. The normalized spacial score (nSPS) is 22.3.